The summed E-state index contributed by atoms with van der Waals surface area (Å²) < 4.78 is 18.4. The molecule has 0 aliphatic carbocycles. The molecule has 1 N–H and O–H groups in total. The van der Waals surface area contributed by atoms with Crippen molar-refractivity contribution in [1.29, 1.82) is 0 Å². The number of rotatable bonds is 5. The topological polar surface area (TPSA) is 48.1 Å². The van der Waals surface area contributed by atoms with Crippen LogP contribution in [0.1, 0.15) is 1.43 Å². The second-order valence-electron chi connectivity index (χ2n) is 5.58. The summed E-state index contributed by atoms with van der Waals surface area (Å²) in [6, 6.07) is 6.26. The van der Waals surface area contributed by atoms with Crippen molar-refractivity contribution < 1.29 is 15.3 Å². The van der Waals surface area contributed by atoms with E-state index in [4.69, 9.17) is 4.74 Å². The lowest BCUT2D eigenvalue weighted by atomic mass is 10.2. The highest BCUT2D eigenvalue weighted by Gasteiger charge is 2.40. The summed E-state index contributed by atoms with van der Waals surface area (Å²) in [5, 5.41) is 3.23. The van der Waals surface area contributed by atoms with Crippen molar-refractivity contribution in [2.75, 3.05) is 38.0 Å². The first-order chi connectivity index (χ1) is 10.7. The maximum atomic E-state index is 12.8. The molecular weight excluding hydrogens is 285 g/mol. The Kier molecular flexibility index (Phi) is 4.40. The third kappa shape index (κ3) is 3.64. The number of nitrogens with zero attached hydrogens (tertiary/aromatic N) is 2. The van der Waals surface area contributed by atoms with Crippen LogP contribution in [0.15, 0.2) is 36.9 Å². The molecule has 0 radical (unpaired) electrons. The van der Waals surface area contributed by atoms with E-state index in [9.17, 15) is 9.18 Å². The molecule has 1 aromatic carbocycles. The lowest BCUT2D eigenvalue weighted by Gasteiger charge is -2.33. The molecular formula is C16H22FN3O2. The number of epoxide rings is 1. The summed E-state index contributed by atoms with van der Waals surface area (Å²) >= 11 is 0. The first-order valence-electron chi connectivity index (χ1n) is 7.47. The van der Waals surface area contributed by atoms with E-state index in [1.54, 1.807) is 12.1 Å². The first kappa shape index (κ1) is 15.0. The molecule has 0 saturated carbocycles. The van der Waals surface area contributed by atoms with Crippen LogP contribution in [0.2, 0.25) is 0 Å². The minimum absolute atomic E-state index is 0. The monoisotopic (exact) mass is 307 g/mol. The van der Waals surface area contributed by atoms with E-state index >= 15 is 0 Å². The van der Waals surface area contributed by atoms with Gasteiger partial charge >= 0.3 is 0 Å². The molecule has 0 spiro atoms. The van der Waals surface area contributed by atoms with Gasteiger partial charge in [0.25, 0.3) is 0 Å². The van der Waals surface area contributed by atoms with Gasteiger partial charge in [0.05, 0.1) is 0 Å². The molecule has 1 aromatic rings. The molecule has 2 aliphatic heterocycles. The predicted molar refractivity (Wildman–Crippen MR) is 84.0 cm³/mol. The Labute approximate surface area is 130 Å². The van der Waals surface area contributed by atoms with Crippen LogP contribution in [0, 0.1) is 5.82 Å². The van der Waals surface area contributed by atoms with E-state index in [1.165, 1.54) is 18.2 Å². The van der Waals surface area contributed by atoms with Crippen molar-refractivity contribution in [3.8, 4) is 0 Å². The summed E-state index contributed by atoms with van der Waals surface area (Å²) in [5.41, 5.74) is 0.857. The standard InChI is InChI=1S/C16H20FN3O2.H2/c1-2-15(21)20-9-7-19(8-10-20)11-14-16(22-14)18-13-5-3-12(17)4-6-13;/h2-6,14,16,18H,1,7-11H2;1H. The third-order valence-corrected chi connectivity index (χ3v) is 4.03. The Morgan fingerprint density at radius 1 is 1.36 bits per heavy atom. The summed E-state index contributed by atoms with van der Waals surface area (Å²) in [7, 11) is 0. The van der Waals surface area contributed by atoms with Crippen molar-refractivity contribution in [2.45, 2.75) is 12.3 Å². The van der Waals surface area contributed by atoms with E-state index in [0.29, 0.717) is 0 Å². The third-order valence-electron chi connectivity index (χ3n) is 4.03. The van der Waals surface area contributed by atoms with Crippen molar-refractivity contribution in [3.05, 3.63) is 42.7 Å². The average Bonchev–Trinajstić information content (AvgIpc) is 3.27. The number of piperazine rings is 1. The maximum absolute atomic E-state index is 12.8. The van der Waals surface area contributed by atoms with Crippen LogP contribution >= 0.6 is 0 Å². The minimum atomic E-state index is -0.245. The number of anilines is 1. The van der Waals surface area contributed by atoms with Crippen molar-refractivity contribution in [1.82, 2.24) is 9.80 Å². The van der Waals surface area contributed by atoms with Crippen LogP contribution in [0.5, 0.6) is 0 Å². The molecule has 2 atom stereocenters. The largest absolute Gasteiger partial charge is 0.358 e. The number of hydrogen-bond donors (Lipinski definition) is 1. The van der Waals surface area contributed by atoms with Gasteiger partial charge in [-0.25, -0.2) is 4.39 Å². The minimum Gasteiger partial charge on any atom is -0.358 e. The SMILES string of the molecule is C=CC(=O)N1CCN(CC2OC2Nc2ccc(F)cc2)CC1.[HH]. The number of carbonyl (C=O) groups is 1. The fourth-order valence-corrected chi connectivity index (χ4v) is 2.65. The van der Waals surface area contributed by atoms with Crippen LogP contribution in [-0.4, -0.2) is 60.8 Å². The van der Waals surface area contributed by atoms with Crippen LogP contribution in [0.25, 0.3) is 0 Å². The fraction of sp³-hybridized carbons (Fsp3) is 0.438. The van der Waals surface area contributed by atoms with E-state index in [2.05, 4.69) is 16.8 Å². The quantitative estimate of drug-likeness (QED) is 0.662. The van der Waals surface area contributed by atoms with Gasteiger partial charge < -0.3 is 15.0 Å². The van der Waals surface area contributed by atoms with Gasteiger partial charge in [0, 0.05) is 39.8 Å². The Bertz CT molecular complexity index is 547. The smallest absolute Gasteiger partial charge is 0.246 e. The Morgan fingerprint density at radius 2 is 2.05 bits per heavy atom. The molecule has 3 rings (SSSR count). The van der Waals surface area contributed by atoms with Crippen LogP contribution in [0.4, 0.5) is 10.1 Å². The molecule has 2 heterocycles. The zero-order chi connectivity index (χ0) is 15.5. The molecule has 0 aromatic heterocycles. The zero-order valence-corrected chi connectivity index (χ0v) is 12.4. The molecule has 1 amide bonds. The molecule has 2 aliphatic rings. The van der Waals surface area contributed by atoms with Crippen molar-refractivity contribution >= 4 is 11.6 Å². The van der Waals surface area contributed by atoms with Gasteiger partial charge in [-0.3, -0.25) is 9.69 Å². The van der Waals surface area contributed by atoms with Gasteiger partial charge in [-0.15, -0.1) is 0 Å². The average molecular weight is 307 g/mol. The molecule has 2 unspecified atom stereocenters. The Hall–Kier alpha value is -1.92. The van der Waals surface area contributed by atoms with Crippen molar-refractivity contribution in [2.24, 2.45) is 0 Å². The van der Waals surface area contributed by atoms with E-state index < -0.39 is 0 Å². The molecule has 2 saturated heterocycles. The summed E-state index contributed by atoms with van der Waals surface area (Å²) in [6.07, 6.45) is 1.49. The lowest BCUT2D eigenvalue weighted by molar-refractivity contribution is -0.127. The normalized spacial score (nSPS) is 24.9. The van der Waals surface area contributed by atoms with Crippen LogP contribution in [-0.2, 0) is 9.53 Å². The number of ether oxygens (including phenoxy) is 1. The van der Waals surface area contributed by atoms with Crippen molar-refractivity contribution in [3.63, 3.8) is 0 Å². The first-order valence-corrected chi connectivity index (χ1v) is 7.47. The number of amides is 1. The van der Waals surface area contributed by atoms with Gasteiger partial charge in [-0.2, -0.15) is 0 Å². The highest BCUT2D eigenvalue weighted by atomic mass is 19.1. The number of hydrogen-bond acceptors (Lipinski definition) is 4. The highest BCUT2D eigenvalue weighted by molar-refractivity contribution is 5.87. The Morgan fingerprint density at radius 3 is 2.68 bits per heavy atom. The van der Waals surface area contributed by atoms with E-state index in [1.807, 2.05) is 4.90 Å². The summed E-state index contributed by atoms with van der Waals surface area (Å²) in [5.74, 6) is -0.246. The molecule has 120 valence electrons. The second kappa shape index (κ2) is 6.46. The Balaban J connectivity index is 0.00000192. The number of carbonyl (C=O) groups excluding carboxylic acids is 1. The second-order valence-corrected chi connectivity index (χ2v) is 5.58. The highest BCUT2D eigenvalue weighted by Crippen LogP contribution is 2.25. The zero-order valence-electron chi connectivity index (χ0n) is 12.4. The van der Waals surface area contributed by atoms with Gasteiger partial charge in [0.2, 0.25) is 5.91 Å². The number of halogens is 1. The fourth-order valence-electron chi connectivity index (χ4n) is 2.65. The van der Waals surface area contributed by atoms with Gasteiger partial charge in [-0.05, 0) is 30.3 Å². The molecule has 5 nitrogen and oxygen atoms in total. The van der Waals surface area contributed by atoms with Gasteiger partial charge in [0.1, 0.15) is 11.9 Å². The molecule has 2 fully saturated rings. The summed E-state index contributed by atoms with van der Waals surface area (Å²) in [6.45, 7) is 7.51. The van der Waals surface area contributed by atoms with Gasteiger partial charge in [0.15, 0.2) is 6.23 Å². The number of nitrogens with one attached hydrogen (secondary N) is 1. The van der Waals surface area contributed by atoms with E-state index in [0.717, 1.165) is 38.4 Å². The lowest BCUT2D eigenvalue weighted by Crippen LogP contribution is -2.49. The van der Waals surface area contributed by atoms with E-state index in [-0.39, 0.29) is 25.5 Å². The predicted octanol–water partition coefficient (Wildman–Crippen LogP) is 1.54. The molecule has 6 heteroatoms. The molecule has 0 bridgehead atoms. The maximum Gasteiger partial charge on any atom is 0.246 e. The molecule has 22 heavy (non-hydrogen) atoms. The van der Waals surface area contributed by atoms with Crippen LogP contribution < -0.4 is 5.32 Å². The summed E-state index contributed by atoms with van der Waals surface area (Å²) in [4.78, 5) is 15.6. The van der Waals surface area contributed by atoms with Crippen LogP contribution in [0.3, 0.4) is 0 Å². The number of benzene rings is 1. The van der Waals surface area contributed by atoms with Gasteiger partial charge in [-0.1, -0.05) is 6.58 Å².